The molecule has 0 amide bonds. The van der Waals surface area contributed by atoms with Crippen molar-refractivity contribution in [3.63, 3.8) is 0 Å². The van der Waals surface area contributed by atoms with E-state index in [1.807, 2.05) is 0 Å². The summed E-state index contributed by atoms with van der Waals surface area (Å²) in [7, 11) is 5.23. The lowest BCUT2D eigenvalue weighted by Gasteiger charge is -2.71. The standard InChI is InChI=1S/C27H41NO8/c1-7-28-12-23(3)9-8-17(32-5)26-20(23)21(36-14(2)29)27(22(26)28)25(34-13-35-27)11-16(31-4)15-10-24(26,30)19(25)18(15)33-6/h15-22,30H,7-13H2,1-6H3/t15-,16+,17+,18?,19+,20-,21+,22?,23+,24+,25-,26?,27?/m1/s1. The molecular formula is C27H41NO8. The molecular weight excluding hydrogens is 466 g/mol. The molecule has 4 unspecified atom stereocenters. The fourth-order valence-corrected chi connectivity index (χ4v) is 11.7. The molecule has 2 saturated heterocycles. The van der Waals surface area contributed by atoms with Crippen LogP contribution in [0, 0.1) is 28.6 Å². The molecule has 13 atom stereocenters. The maximum Gasteiger partial charge on any atom is 0.303 e. The molecule has 0 aromatic carbocycles. The first kappa shape index (κ1) is 24.2. The van der Waals surface area contributed by atoms with Crippen molar-refractivity contribution in [1.82, 2.24) is 4.90 Å². The van der Waals surface area contributed by atoms with Crippen LogP contribution in [-0.2, 0) is 33.2 Å². The number of nitrogens with zero attached hydrogens (tertiary/aromatic N) is 1. The summed E-state index contributed by atoms with van der Waals surface area (Å²) in [6, 6.07) is -0.224. The minimum atomic E-state index is -1.16. The molecule has 5 aliphatic carbocycles. The predicted octanol–water partition coefficient (Wildman–Crippen LogP) is 1.35. The topological polar surface area (TPSA) is 95.9 Å². The van der Waals surface area contributed by atoms with Crippen molar-refractivity contribution in [1.29, 1.82) is 0 Å². The van der Waals surface area contributed by atoms with Crippen molar-refractivity contribution in [2.75, 3.05) is 41.2 Å². The fraction of sp³-hybridized carbons (Fsp3) is 0.963. The number of carbonyl (C=O) groups excluding carboxylic acids is 1. The zero-order valence-corrected chi connectivity index (χ0v) is 22.3. The van der Waals surface area contributed by atoms with Gasteiger partial charge in [-0.1, -0.05) is 13.8 Å². The largest absolute Gasteiger partial charge is 0.459 e. The SMILES string of the molecule is CCN1C[C@]2(C)CC[C@H](OC)C34C1C1(OCO[C@@]15C[C@H](OC)[C@H]1C[C@]3(O)[C@@H]5C1OC)[C@@H](OC(C)=O)[C@@H]42. The molecule has 9 heteroatoms. The Bertz CT molecular complexity index is 979. The first-order valence-electron chi connectivity index (χ1n) is 13.7. The third kappa shape index (κ3) is 2.16. The third-order valence-corrected chi connectivity index (χ3v) is 12.2. The number of carbonyl (C=O) groups is 1. The summed E-state index contributed by atoms with van der Waals surface area (Å²) >= 11 is 0. The Labute approximate surface area is 213 Å². The number of hydrogen-bond acceptors (Lipinski definition) is 9. The average molecular weight is 508 g/mol. The monoisotopic (exact) mass is 507 g/mol. The lowest BCUT2D eigenvalue weighted by Crippen LogP contribution is -2.85. The summed E-state index contributed by atoms with van der Waals surface area (Å²) in [5, 5.41) is 13.4. The van der Waals surface area contributed by atoms with E-state index in [9.17, 15) is 9.90 Å². The van der Waals surface area contributed by atoms with E-state index in [0.717, 1.165) is 25.9 Å². The van der Waals surface area contributed by atoms with Crippen LogP contribution in [0.1, 0.15) is 46.5 Å². The van der Waals surface area contributed by atoms with Crippen molar-refractivity contribution in [2.24, 2.45) is 28.6 Å². The molecule has 0 aromatic rings. The summed E-state index contributed by atoms with van der Waals surface area (Å²) < 4.78 is 38.7. The van der Waals surface area contributed by atoms with Crippen LogP contribution in [0.15, 0.2) is 0 Å². The maximum atomic E-state index is 13.4. The highest BCUT2D eigenvalue weighted by molar-refractivity contribution is 5.67. The summed E-state index contributed by atoms with van der Waals surface area (Å²) in [6.07, 6.45) is 1.69. The van der Waals surface area contributed by atoms with Crippen LogP contribution in [0.5, 0.6) is 0 Å². The van der Waals surface area contributed by atoms with Gasteiger partial charge >= 0.3 is 5.97 Å². The number of methoxy groups -OCH3 is 3. The van der Waals surface area contributed by atoms with Crippen molar-refractivity contribution < 1.29 is 38.3 Å². The van der Waals surface area contributed by atoms with E-state index in [0.29, 0.717) is 12.8 Å². The van der Waals surface area contributed by atoms with Gasteiger partial charge in [-0.15, -0.1) is 0 Å². The van der Waals surface area contributed by atoms with Crippen LogP contribution in [0.3, 0.4) is 0 Å². The predicted molar refractivity (Wildman–Crippen MR) is 126 cm³/mol. The molecule has 0 radical (unpaired) electrons. The molecule has 202 valence electrons. The second kappa shape index (κ2) is 7.23. The molecule has 5 saturated carbocycles. The molecule has 36 heavy (non-hydrogen) atoms. The second-order valence-corrected chi connectivity index (χ2v) is 12.9. The highest BCUT2D eigenvalue weighted by Crippen LogP contribution is 2.83. The van der Waals surface area contributed by atoms with Crippen molar-refractivity contribution in [3.05, 3.63) is 0 Å². The van der Waals surface area contributed by atoms with E-state index in [2.05, 4.69) is 18.7 Å². The molecule has 2 heterocycles. The van der Waals surface area contributed by atoms with Gasteiger partial charge in [-0.25, -0.2) is 0 Å². The molecule has 7 aliphatic rings. The van der Waals surface area contributed by atoms with Crippen molar-refractivity contribution in [2.45, 2.75) is 93.7 Å². The number of aliphatic hydroxyl groups is 1. The summed E-state index contributed by atoms with van der Waals surface area (Å²) in [6.45, 7) is 7.72. The van der Waals surface area contributed by atoms with Crippen LogP contribution < -0.4 is 0 Å². The van der Waals surface area contributed by atoms with Gasteiger partial charge < -0.3 is 33.5 Å². The highest BCUT2D eigenvalue weighted by atomic mass is 16.7. The first-order chi connectivity index (χ1) is 17.2. The van der Waals surface area contributed by atoms with Gasteiger partial charge in [0.05, 0.1) is 35.4 Å². The van der Waals surface area contributed by atoms with E-state index >= 15 is 0 Å². The highest BCUT2D eigenvalue weighted by Gasteiger charge is 2.97. The number of hydrogen-bond donors (Lipinski definition) is 1. The summed E-state index contributed by atoms with van der Waals surface area (Å²) in [5.41, 5.74) is -3.94. The number of esters is 1. The number of rotatable bonds is 5. The fourth-order valence-electron chi connectivity index (χ4n) is 11.7. The Kier molecular flexibility index (Phi) is 4.87. The maximum absolute atomic E-state index is 13.4. The van der Waals surface area contributed by atoms with Crippen LogP contribution in [0.4, 0.5) is 0 Å². The van der Waals surface area contributed by atoms with E-state index in [-0.39, 0.29) is 60.3 Å². The number of ether oxygens (including phenoxy) is 6. The normalized spacial score (nSPS) is 60.2. The second-order valence-electron chi connectivity index (χ2n) is 12.9. The molecule has 3 spiro atoms. The Morgan fingerprint density at radius 1 is 1.11 bits per heavy atom. The van der Waals surface area contributed by atoms with Gasteiger partial charge in [0.1, 0.15) is 18.5 Å². The van der Waals surface area contributed by atoms with E-state index in [1.54, 1.807) is 21.3 Å². The van der Waals surface area contributed by atoms with Gasteiger partial charge in [-0.3, -0.25) is 9.69 Å². The van der Waals surface area contributed by atoms with Crippen LogP contribution >= 0.6 is 0 Å². The lowest BCUT2D eigenvalue weighted by atomic mass is 9.41. The Morgan fingerprint density at radius 2 is 1.89 bits per heavy atom. The zero-order valence-electron chi connectivity index (χ0n) is 22.3. The molecule has 0 aromatic heterocycles. The van der Waals surface area contributed by atoms with Crippen molar-refractivity contribution >= 4 is 5.97 Å². The number of fused-ring (bicyclic) bond motifs is 1. The molecule has 2 aliphatic heterocycles. The molecule has 7 bridgehead atoms. The summed E-state index contributed by atoms with van der Waals surface area (Å²) in [4.78, 5) is 15.3. The van der Waals surface area contributed by atoms with E-state index in [1.165, 1.54) is 6.92 Å². The number of piperidine rings is 1. The summed E-state index contributed by atoms with van der Waals surface area (Å²) in [5.74, 6) is -0.771. The van der Waals surface area contributed by atoms with Crippen LogP contribution in [0.2, 0.25) is 0 Å². The van der Waals surface area contributed by atoms with Gasteiger partial charge in [-0.2, -0.15) is 0 Å². The average Bonchev–Trinajstić information content (AvgIpc) is 3.40. The minimum Gasteiger partial charge on any atom is -0.459 e. The molecule has 7 rings (SSSR count). The van der Waals surface area contributed by atoms with Gasteiger partial charge in [0.25, 0.3) is 0 Å². The van der Waals surface area contributed by atoms with Crippen LogP contribution in [-0.4, -0.2) is 104 Å². The first-order valence-corrected chi connectivity index (χ1v) is 13.7. The van der Waals surface area contributed by atoms with Crippen LogP contribution in [0.25, 0.3) is 0 Å². The van der Waals surface area contributed by atoms with Gasteiger partial charge in [0, 0.05) is 59.0 Å². The Morgan fingerprint density at radius 3 is 2.53 bits per heavy atom. The zero-order chi connectivity index (χ0) is 25.5. The number of likely N-dealkylation sites (tertiary alicyclic amines) is 1. The van der Waals surface area contributed by atoms with Gasteiger partial charge in [0.2, 0.25) is 0 Å². The van der Waals surface area contributed by atoms with Gasteiger partial charge in [-0.05, 0) is 31.2 Å². The minimum absolute atomic E-state index is 0.0317. The molecule has 7 fully saturated rings. The Balaban J connectivity index is 1.61. The smallest absolute Gasteiger partial charge is 0.303 e. The Hall–Kier alpha value is -0.810. The lowest BCUT2D eigenvalue weighted by molar-refractivity contribution is -0.332. The quantitative estimate of drug-likeness (QED) is 0.553. The van der Waals surface area contributed by atoms with E-state index in [4.69, 9.17) is 28.4 Å². The molecule has 1 N–H and O–H groups in total. The van der Waals surface area contributed by atoms with Gasteiger partial charge in [0.15, 0.2) is 5.60 Å². The third-order valence-electron chi connectivity index (χ3n) is 12.2. The molecule has 9 nitrogen and oxygen atoms in total. The van der Waals surface area contributed by atoms with E-state index < -0.39 is 28.3 Å². The number of likely N-dealkylation sites (N-methyl/N-ethyl adjacent to an activating group) is 1. The van der Waals surface area contributed by atoms with Crippen molar-refractivity contribution in [3.8, 4) is 0 Å².